The lowest BCUT2D eigenvalue weighted by Gasteiger charge is -2.10. The first-order valence-corrected chi connectivity index (χ1v) is 12.9. The van der Waals surface area contributed by atoms with Gasteiger partial charge in [-0.15, -0.1) is 11.3 Å². The van der Waals surface area contributed by atoms with E-state index in [1.165, 1.54) is 0 Å². The van der Waals surface area contributed by atoms with Crippen LogP contribution in [-0.2, 0) is 29.2 Å². The van der Waals surface area contributed by atoms with Gasteiger partial charge in [0.2, 0.25) is 5.95 Å². The lowest BCUT2D eigenvalue weighted by atomic mass is 10.0. The second kappa shape index (κ2) is 9.78. The highest BCUT2D eigenvalue weighted by Crippen LogP contribution is 2.37. The average molecular weight is 522 g/mol. The maximum absolute atomic E-state index is 13.3. The number of sulfonamides is 1. The van der Waals surface area contributed by atoms with E-state index in [1.54, 1.807) is 18.6 Å². The first-order valence-electron chi connectivity index (χ1n) is 10.6. The monoisotopic (exact) mass is 521 g/mol. The number of nitrogens with one attached hydrogen (secondary N) is 1. The molecule has 0 bridgehead atoms. The zero-order valence-electron chi connectivity index (χ0n) is 18.8. The Kier molecular flexibility index (Phi) is 6.95. The Morgan fingerprint density at radius 3 is 2.63 bits per heavy atom. The van der Waals surface area contributed by atoms with Crippen LogP contribution in [0.4, 0.5) is 19.1 Å². The fourth-order valence-electron chi connectivity index (χ4n) is 3.49. The molecule has 4 rings (SSSR count). The fraction of sp³-hybridized carbons (Fsp3) is 0.261. The van der Waals surface area contributed by atoms with Crippen LogP contribution >= 0.6 is 11.3 Å². The molecule has 184 valence electrons. The van der Waals surface area contributed by atoms with Crippen molar-refractivity contribution < 1.29 is 21.6 Å². The SMILES string of the molecule is CC(C)Cc1cc(-c2cccc(Cn3ccnc3)c2)c(S(=O)(=O)Nc2nccc(C(F)(F)F)n2)s1. The largest absolute Gasteiger partial charge is 0.433 e. The molecule has 1 N–H and O–H groups in total. The van der Waals surface area contributed by atoms with Crippen molar-refractivity contribution in [2.24, 2.45) is 5.92 Å². The van der Waals surface area contributed by atoms with E-state index in [0.29, 0.717) is 30.2 Å². The normalized spacial score (nSPS) is 12.3. The third-order valence-corrected chi connectivity index (χ3v) is 7.96. The minimum atomic E-state index is -4.72. The van der Waals surface area contributed by atoms with Crippen LogP contribution in [0.25, 0.3) is 11.1 Å². The van der Waals surface area contributed by atoms with Gasteiger partial charge in [-0.05, 0) is 41.7 Å². The van der Waals surface area contributed by atoms with Crippen LogP contribution in [0, 0.1) is 5.92 Å². The maximum Gasteiger partial charge on any atom is 0.433 e. The quantitative estimate of drug-likeness (QED) is 0.332. The first-order chi connectivity index (χ1) is 16.5. The Balaban J connectivity index is 1.73. The molecule has 3 aromatic heterocycles. The van der Waals surface area contributed by atoms with Gasteiger partial charge in [0.15, 0.2) is 0 Å². The first kappa shape index (κ1) is 24.9. The van der Waals surface area contributed by atoms with Gasteiger partial charge in [0.05, 0.1) is 6.33 Å². The summed E-state index contributed by atoms with van der Waals surface area (Å²) in [5.74, 6) is -0.358. The molecular weight excluding hydrogens is 499 g/mol. The van der Waals surface area contributed by atoms with E-state index < -0.39 is 27.8 Å². The zero-order chi connectivity index (χ0) is 25.2. The molecule has 0 aliphatic rings. The van der Waals surface area contributed by atoms with E-state index in [9.17, 15) is 21.6 Å². The van der Waals surface area contributed by atoms with Gasteiger partial charge in [-0.2, -0.15) is 13.2 Å². The number of hydrogen-bond donors (Lipinski definition) is 1. The minimum absolute atomic E-state index is 0.00561. The summed E-state index contributed by atoms with van der Waals surface area (Å²) in [6.45, 7) is 4.59. The molecule has 0 unspecified atom stereocenters. The second-order valence-electron chi connectivity index (χ2n) is 8.32. The van der Waals surface area contributed by atoms with Gasteiger partial charge < -0.3 is 4.57 Å². The number of alkyl halides is 3. The van der Waals surface area contributed by atoms with E-state index in [0.717, 1.165) is 28.0 Å². The van der Waals surface area contributed by atoms with Crippen molar-refractivity contribution in [1.82, 2.24) is 19.5 Å². The van der Waals surface area contributed by atoms with E-state index >= 15 is 0 Å². The zero-order valence-corrected chi connectivity index (χ0v) is 20.5. The highest BCUT2D eigenvalue weighted by Gasteiger charge is 2.33. The van der Waals surface area contributed by atoms with Crippen molar-refractivity contribution in [2.45, 2.75) is 37.2 Å². The van der Waals surface area contributed by atoms with Crippen LogP contribution in [-0.4, -0.2) is 27.9 Å². The fourth-order valence-corrected chi connectivity index (χ4v) is 6.39. The topological polar surface area (TPSA) is 89.8 Å². The highest BCUT2D eigenvalue weighted by atomic mass is 32.2. The van der Waals surface area contributed by atoms with Gasteiger partial charge in [-0.3, -0.25) is 0 Å². The Hall–Kier alpha value is -3.25. The third kappa shape index (κ3) is 6.06. The molecule has 1 aromatic carbocycles. The molecule has 0 saturated heterocycles. The Morgan fingerprint density at radius 1 is 1.14 bits per heavy atom. The van der Waals surface area contributed by atoms with Crippen LogP contribution in [0.3, 0.4) is 0 Å². The van der Waals surface area contributed by atoms with Crippen molar-refractivity contribution in [3.05, 3.63) is 77.5 Å². The molecule has 0 saturated carbocycles. The average Bonchev–Trinajstić information content (AvgIpc) is 3.43. The summed E-state index contributed by atoms with van der Waals surface area (Å²) in [6, 6.07) is 9.96. The molecular formula is C23H22F3N5O2S2. The number of aromatic nitrogens is 4. The molecule has 0 radical (unpaired) electrons. The van der Waals surface area contributed by atoms with Crippen molar-refractivity contribution in [1.29, 1.82) is 0 Å². The van der Waals surface area contributed by atoms with E-state index in [1.807, 2.05) is 48.9 Å². The molecule has 35 heavy (non-hydrogen) atoms. The van der Waals surface area contributed by atoms with E-state index in [-0.39, 0.29) is 10.1 Å². The number of nitrogens with zero attached hydrogens (tertiary/aromatic N) is 4. The highest BCUT2D eigenvalue weighted by molar-refractivity contribution is 7.94. The predicted molar refractivity (Wildman–Crippen MR) is 127 cm³/mol. The van der Waals surface area contributed by atoms with Gasteiger partial charge in [0, 0.05) is 35.6 Å². The molecule has 0 amide bonds. The molecule has 0 aliphatic carbocycles. The van der Waals surface area contributed by atoms with Crippen molar-refractivity contribution in [3.8, 4) is 11.1 Å². The number of thiophene rings is 1. The maximum atomic E-state index is 13.3. The van der Waals surface area contributed by atoms with Gasteiger partial charge in [-0.1, -0.05) is 32.0 Å². The van der Waals surface area contributed by atoms with Crippen LogP contribution in [0.2, 0.25) is 0 Å². The number of benzene rings is 1. The number of halogens is 3. The van der Waals surface area contributed by atoms with Crippen molar-refractivity contribution >= 4 is 27.3 Å². The van der Waals surface area contributed by atoms with Gasteiger partial charge >= 0.3 is 6.18 Å². The van der Waals surface area contributed by atoms with E-state index in [2.05, 4.69) is 19.7 Å². The van der Waals surface area contributed by atoms with Crippen LogP contribution < -0.4 is 4.72 Å². The van der Waals surface area contributed by atoms with Gasteiger partial charge in [0.1, 0.15) is 9.90 Å². The van der Waals surface area contributed by atoms with Crippen LogP contribution in [0.5, 0.6) is 0 Å². The Labute approximate surface area is 204 Å². The molecule has 0 aliphatic heterocycles. The summed E-state index contributed by atoms with van der Waals surface area (Å²) in [6.07, 6.45) is 1.99. The van der Waals surface area contributed by atoms with Crippen molar-refractivity contribution in [3.63, 3.8) is 0 Å². The lowest BCUT2D eigenvalue weighted by Crippen LogP contribution is -2.17. The number of anilines is 1. The number of imidazole rings is 1. The number of hydrogen-bond acceptors (Lipinski definition) is 6. The number of rotatable bonds is 8. The smallest absolute Gasteiger partial charge is 0.333 e. The second-order valence-corrected chi connectivity index (χ2v) is 11.3. The summed E-state index contributed by atoms with van der Waals surface area (Å²) in [5, 5.41) is 0. The Morgan fingerprint density at radius 2 is 1.94 bits per heavy atom. The summed E-state index contributed by atoms with van der Waals surface area (Å²) in [4.78, 5) is 11.9. The standard InChI is InChI=1S/C23H22F3N5O2S2/c1-15(2)10-18-12-19(17-5-3-4-16(11-17)13-31-9-8-27-14-31)21(34-18)35(32,33)30-22-28-7-6-20(29-22)23(24,25)26/h3-9,11-12,14-15H,10,13H2,1-2H3,(H,28,29,30). The van der Waals surface area contributed by atoms with Gasteiger partial charge in [-0.25, -0.2) is 28.1 Å². The summed E-state index contributed by atoms with van der Waals surface area (Å²) < 4.78 is 69.8. The molecule has 0 fully saturated rings. The molecule has 4 aromatic rings. The summed E-state index contributed by atoms with van der Waals surface area (Å²) >= 11 is 1.09. The Bertz CT molecular complexity index is 1420. The van der Waals surface area contributed by atoms with Crippen molar-refractivity contribution in [2.75, 3.05) is 4.72 Å². The molecule has 12 heteroatoms. The molecule has 0 atom stereocenters. The van der Waals surface area contributed by atoms with E-state index in [4.69, 9.17) is 0 Å². The van der Waals surface area contributed by atoms with Crippen LogP contribution in [0.1, 0.15) is 30.0 Å². The third-order valence-electron chi connectivity index (χ3n) is 4.94. The molecule has 0 spiro atoms. The lowest BCUT2D eigenvalue weighted by molar-refractivity contribution is -0.141. The molecule has 3 heterocycles. The van der Waals surface area contributed by atoms with Crippen LogP contribution in [0.15, 0.2) is 65.5 Å². The summed E-state index contributed by atoms with van der Waals surface area (Å²) in [5.41, 5.74) is 0.857. The predicted octanol–water partition coefficient (Wildman–Crippen LogP) is 5.47. The minimum Gasteiger partial charge on any atom is -0.333 e. The van der Waals surface area contributed by atoms with Gasteiger partial charge in [0.25, 0.3) is 10.0 Å². The molecule has 7 nitrogen and oxygen atoms in total. The summed E-state index contributed by atoms with van der Waals surface area (Å²) in [7, 11) is -4.27.